The fraction of sp³-hybridized carbons (Fsp3) is 0.200. The van der Waals surface area contributed by atoms with Crippen LogP contribution in [-0.4, -0.2) is 26.8 Å². The van der Waals surface area contributed by atoms with Crippen LogP contribution in [0.5, 0.6) is 0 Å². The maximum Gasteiger partial charge on any atom is 0.307 e. The number of nitrogens with zero attached hydrogens (tertiary/aromatic N) is 1. The molecule has 0 saturated heterocycles. The smallest absolute Gasteiger partial charge is 0.307 e. The van der Waals surface area contributed by atoms with E-state index >= 15 is 0 Å². The Balaban J connectivity index is 0.000000623. The lowest BCUT2D eigenvalue weighted by Crippen LogP contribution is -2.10. The Bertz CT molecular complexity index is 1390. The molecule has 0 bridgehead atoms. The van der Waals surface area contributed by atoms with Gasteiger partial charge in [0.1, 0.15) is 5.69 Å². The van der Waals surface area contributed by atoms with Crippen LogP contribution >= 0.6 is 11.6 Å². The van der Waals surface area contributed by atoms with E-state index in [0.717, 1.165) is 38.7 Å². The minimum atomic E-state index is -0.869. The average Bonchev–Trinajstić information content (AvgIpc) is 2.78. The molecule has 0 spiro atoms. The van der Waals surface area contributed by atoms with Crippen molar-refractivity contribution in [2.45, 2.75) is 39.7 Å². The monoisotopic (exact) mass is 485 g/mol. The van der Waals surface area contributed by atoms with E-state index in [1.807, 2.05) is 79.7 Å². The second kappa shape index (κ2) is 11.2. The number of aryl methyl sites for hydroxylation is 1. The predicted molar refractivity (Wildman–Crippen MR) is 143 cm³/mol. The molecule has 4 aromatic rings. The zero-order valence-corrected chi connectivity index (χ0v) is 21.0. The van der Waals surface area contributed by atoms with Gasteiger partial charge in [0.25, 0.3) is 0 Å². The highest BCUT2D eigenvalue weighted by atomic mass is 35.5. The Morgan fingerprint density at radius 1 is 0.971 bits per heavy atom. The Morgan fingerprint density at radius 2 is 1.60 bits per heavy atom. The molecule has 0 radical (unpaired) electrons. The molecular weight excluding hydrogens is 458 g/mol. The lowest BCUT2D eigenvalue weighted by molar-refractivity contribution is -0.136. The zero-order chi connectivity index (χ0) is 25.6. The molecule has 1 heterocycles. The summed E-state index contributed by atoms with van der Waals surface area (Å²) in [4.78, 5) is 16.2. The largest absolute Gasteiger partial charge is 0.481 e. The summed E-state index contributed by atoms with van der Waals surface area (Å²) in [6.07, 6.45) is -0.0602. The quantitative estimate of drug-likeness (QED) is 0.318. The molecule has 35 heavy (non-hydrogen) atoms. The second-order valence-electron chi connectivity index (χ2n) is 9.17. The van der Waals surface area contributed by atoms with Crippen molar-refractivity contribution in [1.82, 2.24) is 4.98 Å². The standard InChI is InChI=1S/C26H18ClNO2.C4H10O/c1-17-15-24-22(14-13-21(28-24)12-7-18-5-3-2-4-6-18)26(23(17)16-25(29)30)19-8-10-20(27)11-9-19;1-4(2,3)5/h2-6,8-11,13-15H,16H2,1H3,(H,29,30);5H,1-3H3. The van der Waals surface area contributed by atoms with E-state index in [2.05, 4.69) is 11.8 Å². The van der Waals surface area contributed by atoms with Crippen LogP contribution in [0.3, 0.4) is 0 Å². The highest BCUT2D eigenvalue weighted by Crippen LogP contribution is 2.35. The van der Waals surface area contributed by atoms with Gasteiger partial charge in [-0.15, -0.1) is 0 Å². The molecule has 0 amide bonds. The van der Waals surface area contributed by atoms with Crippen LogP contribution in [0.15, 0.2) is 72.8 Å². The highest BCUT2D eigenvalue weighted by Gasteiger charge is 2.16. The number of rotatable bonds is 3. The first-order valence-electron chi connectivity index (χ1n) is 11.2. The predicted octanol–water partition coefficient (Wildman–Crippen LogP) is 6.67. The average molecular weight is 486 g/mol. The van der Waals surface area contributed by atoms with Crippen molar-refractivity contribution in [1.29, 1.82) is 0 Å². The summed E-state index contributed by atoms with van der Waals surface area (Å²) in [6, 6.07) is 23.0. The zero-order valence-electron chi connectivity index (χ0n) is 20.3. The fourth-order valence-electron chi connectivity index (χ4n) is 3.50. The molecule has 0 aliphatic rings. The number of fused-ring (bicyclic) bond motifs is 1. The van der Waals surface area contributed by atoms with Crippen LogP contribution in [0.4, 0.5) is 0 Å². The third-order valence-electron chi connectivity index (χ3n) is 4.89. The van der Waals surface area contributed by atoms with Gasteiger partial charge in [0.05, 0.1) is 17.5 Å². The van der Waals surface area contributed by atoms with E-state index in [0.29, 0.717) is 10.7 Å². The van der Waals surface area contributed by atoms with Gasteiger partial charge in [-0.25, -0.2) is 4.98 Å². The van der Waals surface area contributed by atoms with Crippen molar-refractivity contribution in [2.24, 2.45) is 0 Å². The third kappa shape index (κ3) is 7.68. The van der Waals surface area contributed by atoms with Gasteiger partial charge in [-0.05, 0) is 98.3 Å². The number of carboxylic acids is 1. The molecule has 2 N–H and O–H groups in total. The van der Waals surface area contributed by atoms with E-state index in [4.69, 9.17) is 21.7 Å². The molecule has 0 unspecified atom stereocenters. The SMILES string of the molecule is CC(C)(C)O.Cc1cc2nc(C#Cc3ccccc3)ccc2c(-c2ccc(Cl)cc2)c1CC(=O)O. The number of carboxylic acid groups (broad SMARTS) is 1. The van der Waals surface area contributed by atoms with Crippen molar-refractivity contribution in [3.63, 3.8) is 0 Å². The summed E-state index contributed by atoms with van der Waals surface area (Å²) in [5.74, 6) is 5.37. The lowest BCUT2D eigenvalue weighted by Gasteiger charge is -2.15. The molecule has 4 rings (SSSR count). The summed E-state index contributed by atoms with van der Waals surface area (Å²) in [7, 11) is 0. The topological polar surface area (TPSA) is 70.4 Å². The Labute approximate surface area is 211 Å². The summed E-state index contributed by atoms with van der Waals surface area (Å²) < 4.78 is 0. The van der Waals surface area contributed by atoms with E-state index in [9.17, 15) is 9.90 Å². The van der Waals surface area contributed by atoms with E-state index in [-0.39, 0.29) is 6.42 Å². The van der Waals surface area contributed by atoms with E-state index < -0.39 is 11.6 Å². The second-order valence-corrected chi connectivity index (χ2v) is 9.61. The van der Waals surface area contributed by atoms with E-state index in [1.165, 1.54) is 0 Å². The van der Waals surface area contributed by atoms with Crippen LogP contribution in [0, 0.1) is 18.8 Å². The summed E-state index contributed by atoms with van der Waals surface area (Å²) in [5, 5.41) is 19.5. The van der Waals surface area contributed by atoms with Crippen molar-refractivity contribution in [2.75, 3.05) is 0 Å². The Hall–Kier alpha value is -3.65. The molecular formula is C30H28ClNO3. The van der Waals surface area contributed by atoms with Gasteiger partial charge in [0.15, 0.2) is 0 Å². The molecule has 0 atom stereocenters. The number of aliphatic hydroxyl groups is 1. The summed E-state index contributed by atoms with van der Waals surface area (Å²) in [6.45, 7) is 7.15. The molecule has 0 saturated carbocycles. The van der Waals surface area contributed by atoms with Crippen LogP contribution in [0.1, 0.15) is 43.2 Å². The Morgan fingerprint density at radius 3 is 2.20 bits per heavy atom. The maximum atomic E-state index is 11.5. The fourth-order valence-corrected chi connectivity index (χ4v) is 3.63. The van der Waals surface area contributed by atoms with Gasteiger partial charge in [0.2, 0.25) is 0 Å². The maximum absolute atomic E-state index is 11.5. The van der Waals surface area contributed by atoms with Gasteiger partial charge >= 0.3 is 5.97 Å². The highest BCUT2D eigenvalue weighted by molar-refractivity contribution is 6.30. The van der Waals surface area contributed by atoms with Gasteiger partial charge in [-0.1, -0.05) is 47.9 Å². The molecule has 0 aliphatic carbocycles. The van der Waals surface area contributed by atoms with E-state index in [1.54, 1.807) is 20.8 Å². The van der Waals surface area contributed by atoms with Crippen LogP contribution in [0.2, 0.25) is 5.02 Å². The molecule has 0 aliphatic heterocycles. The van der Waals surface area contributed by atoms with Crippen LogP contribution in [-0.2, 0) is 11.2 Å². The third-order valence-corrected chi connectivity index (χ3v) is 5.15. The van der Waals surface area contributed by atoms with Gasteiger partial charge in [0, 0.05) is 16.0 Å². The van der Waals surface area contributed by atoms with Crippen molar-refractivity contribution in [3.05, 3.63) is 100 Å². The van der Waals surface area contributed by atoms with Gasteiger partial charge < -0.3 is 10.2 Å². The molecule has 0 fully saturated rings. The number of aliphatic carboxylic acids is 1. The normalized spacial score (nSPS) is 10.7. The number of aromatic nitrogens is 1. The number of halogens is 1. The Kier molecular flexibility index (Phi) is 8.30. The summed E-state index contributed by atoms with van der Waals surface area (Å²) >= 11 is 6.06. The van der Waals surface area contributed by atoms with Crippen molar-refractivity contribution < 1.29 is 15.0 Å². The number of benzene rings is 3. The molecule has 178 valence electrons. The molecule has 1 aromatic heterocycles. The molecule has 3 aromatic carbocycles. The number of carbonyl (C=O) groups is 1. The number of hydrogen-bond acceptors (Lipinski definition) is 3. The van der Waals surface area contributed by atoms with Crippen molar-refractivity contribution >= 4 is 28.5 Å². The van der Waals surface area contributed by atoms with Crippen LogP contribution < -0.4 is 0 Å². The number of pyridine rings is 1. The minimum Gasteiger partial charge on any atom is -0.481 e. The minimum absolute atomic E-state index is 0.0602. The van der Waals surface area contributed by atoms with Gasteiger partial charge in [-0.3, -0.25) is 4.79 Å². The van der Waals surface area contributed by atoms with Crippen LogP contribution in [0.25, 0.3) is 22.0 Å². The number of hydrogen-bond donors (Lipinski definition) is 2. The van der Waals surface area contributed by atoms with Gasteiger partial charge in [-0.2, -0.15) is 0 Å². The molecule has 5 heteroatoms. The molecule has 4 nitrogen and oxygen atoms in total. The van der Waals surface area contributed by atoms with Crippen molar-refractivity contribution in [3.8, 4) is 23.0 Å². The first-order valence-corrected chi connectivity index (χ1v) is 11.6. The first-order chi connectivity index (χ1) is 16.5. The summed E-state index contributed by atoms with van der Waals surface area (Å²) in [5.41, 5.74) is 5.32. The lowest BCUT2D eigenvalue weighted by atomic mass is 9.90. The first kappa shape index (κ1) is 26.0.